The minimum Gasteiger partial charge on any atom is -0.444 e. The summed E-state index contributed by atoms with van der Waals surface area (Å²) >= 11 is 0. The average Bonchev–Trinajstić information content (AvgIpc) is 2.28. The van der Waals surface area contributed by atoms with Gasteiger partial charge in [-0.1, -0.05) is 34.6 Å². The Balaban J connectivity index is 4.89. The zero-order valence-electron chi connectivity index (χ0n) is 15.1. The van der Waals surface area contributed by atoms with Crippen LogP contribution in [0.1, 0.15) is 55.4 Å². The van der Waals surface area contributed by atoms with Crippen molar-refractivity contribution in [1.29, 1.82) is 0 Å². The van der Waals surface area contributed by atoms with Gasteiger partial charge in [0.05, 0.1) is 12.6 Å². The molecule has 0 spiro atoms. The summed E-state index contributed by atoms with van der Waals surface area (Å²) in [4.78, 5) is 24.3. The molecule has 6 heteroatoms. The zero-order chi connectivity index (χ0) is 17.7. The average molecular weight is 316 g/mol. The van der Waals surface area contributed by atoms with Crippen LogP contribution >= 0.6 is 0 Å². The Bertz CT molecular complexity index is 381. The van der Waals surface area contributed by atoms with Crippen LogP contribution in [-0.4, -0.2) is 41.4 Å². The molecule has 0 aromatic carbocycles. The Hall–Kier alpha value is -1.30. The van der Waals surface area contributed by atoms with E-state index in [4.69, 9.17) is 4.74 Å². The normalized spacial score (nSPS) is 15.2. The van der Waals surface area contributed by atoms with Crippen LogP contribution in [-0.2, 0) is 9.53 Å². The highest BCUT2D eigenvalue weighted by atomic mass is 16.6. The third-order valence-electron chi connectivity index (χ3n) is 3.17. The van der Waals surface area contributed by atoms with E-state index in [-0.39, 0.29) is 29.9 Å². The molecule has 0 aromatic rings. The van der Waals surface area contributed by atoms with Crippen molar-refractivity contribution in [3.05, 3.63) is 0 Å². The maximum absolute atomic E-state index is 12.4. The Morgan fingerprint density at radius 2 is 1.55 bits per heavy atom. The molecule has 0 aromatic heterocycles. The quantitative estimate of drug-likeness (QED) is 0.724. The van der Waals surface area contributed by atoms with Crippen molar-refractivity contribution in [1.82, 2.24) is 10.6 Å². The third-order valence-corrected chi connectivity index (χ3v) is 3.17. The van der Waals surface area contributed by atoms with Gasteiger partial charge in [-0.2, -0.15) is 0 Å². The van der Waals surface area contributed by atoms with Crippen LogP contribution in [0.5, 0.6) is 0 Å². The molecule has 3 N–H and O–H groups in total. The largest absolute Gasteiger partial charge is 0.444 e. The van der Waals surface area contributed by atoms with Crippen LogP contribution in [0.2, 0.25) is 0 Å². The Morgan fingerprint density at radius 3 is 1.86 bits per heavy atom. The van der Waals surface area contributed by atoms with Gasteiger partial charge < -0.3 is 20.5 Å². The van der Waals surface area contributed by atoms with Gasteiger partial charge in [0.25, 0.3) is 0 Å². The monoisotopic (exact) mass is 316 g/mol. The van der Waals surface area contributed by atoms with E-state index >= 15 is 0 Å². The molecule has 0 radical (unpaired) electrons. The van der Waals surface area contributed by atoms with Crippen molar-refractivity contribution in [2.24, 2.45) is 11.3 Å². The summed E-state index contributed by atoms with van der Waals surface area (Å²) in [5.41, 5.74) is -0.904. The summed E-state index contributed by atoms with van der Waals surface area (Å²) in [6, 6.07) is -1.10. The number of carbonyl (C=O) groups is 2. The molecular formula is C16H32N2O4. The number of hydrogen-bond donors (Lipinski definition) is 3. The van der Waals surface area contributed by atoms with E-state index in [1.54, 1.807) is 20.8 Å². The zero-order valence-corrected chi connectivity index (χ0v) is 15.1. The minimum absolute atomic E-state index is 0.105. The fourth-order valence-corrected chi connectivity index (χ4v) is 1.77. The number of hydrogen-bond acceptors (Lipinski definition) is 4. The first kappa shape index (κ1) is 20.7. The van der Waals surface area contributed by atoms with E-state index in [2.05, 4.69) is 10.6 Å². The van der Waals surface area contributed by atoms with E-state index in [1.165, 1.54) is 0 Å². The molecule has 0 unspecified atom stereocenters. The summed E-state index contributed by atoms with van der Waals surface area (Å²) in [5, 5.41) is 14.8. The molecule has 2 atom stereocenters. The number of nitrogens with one attached hydrogen (secondary N) is 2. The molecule has 2 amide bonds. The van der Waals surface area contributed by atoms with Crippen LogP contribution in [0.4, 0.5) is 4.79 Å². The van der Waals surface area contributed by atoms with Crippen molar-refractivity contribution < 1.29 is 19.4 Å². The van der Waals surface area contributed by atoms with Crippen molar-refractivity contribution in [3.63, 3.8) is 0 Å². The van der Waals surface area contributed by atoms with Gasteiger partial charge in [-0.05, 0) is 32.1 Å². The lowest BCUT2D eigenvalue weighted by Crippen LogP contribution is -2.56. The van der Waals surface area contributed by atoms with Gasteiger partial charge in [-0.3, -0.25) is 4.79 Å². The number of alkyl carbamates (subject to hydrolysis) is 1. The van der Waals surface area contributed by atoms with Crippen molar-refractivity contribution in [3.8, 4) is 0 Å². The molecule has 0 heterocycles. The maximum Gasteiger partial charge on any atom is 0.408 e. The molecule has 6 nitrogen and oxygen atoms in total. The van der Waals surface area contributed by atoms with E-state index in [0.717, 1.165) is 0 Å². The van der Waals surface area contributed by atoms with E-state index in [0.29, 0.717) is 0 Å². The second-order valence-electron chi connectivity index (χ2n) is 7.98. The van der Waals surface area contributed by atoms with Crippen molar-refractivity contribution >= 4 is 12.0 Å². The summed E-state index contributed by atoms with van der Waals surface area (Å²) < 4.78 is 5.19. The minimum atomic E-state index is -0.716. The summed E-state index contributed by atoms with van der Waals surface area (Å²) in [7, 11) is 0. The lowest BCUT2D eigenvalue weighted by atomic mass is 9.87. The van der Waals surface area contributed by atoms with Crippen molar-refractivity contribution in [2.75, 3.05) is 6.61 Å². The summed E-state index contributed by atoms with van der Waals surface area (Å²) in [6.45, 7) is 14.6. The van der Waals surface area contributed by atoms with E-state index < -0.39 is 17.7 Å². The van der Waals surface area contributed by atoms with Crippen LogP contribution < -0.4 is 10.6 Å². The second kappa shape index (κ2) is 7.81. The lowest BCUT2D eigenvalue weighted by Gasteiger charge is -2.32. The predicted octanol–water partition coefficient (Wildman–Crippen LogP) is 2.06. The molecule has 22 heavy (non-hydrogen) atoms. The first-order chi connectivity index (χ1) is 9.77. The summed E-state index contributed by atoms with van der Waals surface area (Å²) in [6.07, 6.45) is -0.627. The molecule has 0 fully saturated rings. The number of ether oxygens (including phenoxy) is 1. The molecule has 0 bridgehead atoms. The number of rotatable bonds is 5. The number of aliphatic hydroxyl groups excluding tert-OH is 1. The van der Waals surface area contributed by atoms with Gasteiger partial charge in [0.15, 0.2) is 0 Å². The van der Waals surface area contributed by atoms with Crippen LogP contribution in [0.25, 0.3) is 0 Å². The number of amides is 2. The maximum atomic E-state index is 12.4. The second-order valence-corrected chi connectivity index (χ2v) is 7.98. The molecule has 130 valence electrons. The summed E-state index contributed by atoms with van der Waals surface area (Å²) in [5.74, 6) is -0.429. The highest BCUT2D eigenvalue weighted by molar-refractivity contribution is 5.86. The molecule has 0 aliphatic carbocycles. The lowest BCUT2D eigenvalue weighted by molar-refractivity contribution is -0.126. The number of carbonyl (C=O) groups excluding carboxylic acids is 2. The SMILES string of the molecule is CC(C)[C@H](NC(=O)OC(C)(C)C)C(=O)N[C@H](CO)C(C)(C)C. The highest BCUT2D eigenvalue weighted by Crippen LogP contribution is 2.19. The Labute approximate surface area is 134 Å². The highest BCUT2D eigenvalue weighted by Gasteiger charge is 2.31. The smallest absolute Gasteiger partial charge is 0.408 e. The first-order valence-corrected chi connectivity index (χ1v) is 7.68. The van der Waals surface area contributed by atoms with Gasteiger partial charge in [-0.25, -0.2) is 4.79 Å². The molecular weight excluding hydrogens is 284 g/mol. The van der Waals surface area contributed by atoms with Gasteiger partial charge in [0.1, 0.15) is 11.6 Å². The molecule has 0 aliphatic rings. The van der Waals surface area contributed by atoms with Gasteiger partial charge in [0, 0.05) is 0 Å². The molecule has 0 saturated heterocycles. The van der Waals surface area contributed by atoms with Crippen LogP contribution in [0.15, 0.2) is 0 Å². The van der Waals surface area contributed by atoms with E-state index in [1.807, 2.05) is 34.6 Å². The number of aliphatic hydroxyl groups is 1. The van der Waals surface area contributed by atoms with Crippen LogP contribution in [0, 0.1) is 11.3 Å². The fourth-order valence-electron chi connectivity index (χ4n) is 1.77. The fraction of sp³-hybridized carbons (Fsp3) is 0.875. The molecule has 0 saturated carbocycles. The topological polar surface area (TPSA) is 87.7 Å². The van der Waals surface area contributed by atoms with E-state index in [9.17, 15) is 14.7 Å². The Kier molecular flexibility index (Phi) is 7.35. The first-order valence-electron chi connectivity index (χ1n) is 7.68. The van der Waals surface area contributed by atoms with Gasteiger partial charge >= 0.3 is 6.09 Å². The standard InChI is InChI=1S/C16H32N2O4/c1-10(2)12(18-14(21)22-16(6,7)8)13(20)17-11(9-19)15(3,4)5/h10-12,19H,9H2,1-8H3,(H,17,20)(H,18,21)/t11-,12+/m1/s1. The molecule has 0 rings (SSSR count). The van der Waals surface area contributed by atoms with Gasteiger partial charge in [-0.15, -0.1) is 0 Å². The van der Waals surface area contributed by atoms with Gasteiger partial charge in [0.2, 0.25) is 5.91 Å². The van der Waals surface area contributed by atoms with Crippen LogP contribution in [0.3, 0.4) is 0 Å². The van der Waals surface area contributed by atoms with Crippen molar-refractivity contribution in [2.45, 2.75) is 73.1 Å². The Morgan fingerprint density at radius 1 is 1.05 bits per heavy atom. The molecule has 0 aliphatic heterocycles. The predicted molar refractivity (Wildman–Crippen MR) is 86.5 cm³/mol. The third kappa shape index (κ3) is 7.64.